The molecule has 2 heterocycles. The Balaban J connectivity index is 1.43. The standard InChI is InChI=1S/C24H20Cl2N6/c25-17-7-3-6-16(20(17)26)19-18(13-27)30-23(31-22(19)29)32-10-8-24(9-11-32)12-14-4-1-2-5-15(14)21(24)28/h1-7,28H,8-12H2,(H2,29,30,31). The van der Waals surface area contributed by atoms with Gasteiger partial charge in [0.2, 0.25) is 5.95 Å². The third-order valence-electron chi connectivity index (χ3n) is 6.60. The molecule has 3 N–H and O–H groups in total. The third kappa shape index (κ3) is 3.21. The van der Waals surface area contributed by atoms with Crippen LogP contribution in [-0.2, 0) is 6.42 Å². The number of piperidine rings is 1. The van der Waals surface area contributed by atoms with Crippen LogP contribution in [0.1, 0.15) is 29.7 Å². The highest BCUT2D eigenvalue weighted by molar-refractivity contribution is 6.43. The molecule has 0 amide bonds. The second-order valence-electron chi connectivity index (χ2n) is 8.32. The topological polar surface area (TPSA) is 103 Å². The number of rotatable bonds is 2. The summed E-state index contributed by atoms with van der Waals surface area (Å²) in [5.41, 5.74) is 10.3. The van der Waals surface area contributed by atoms with Crippen LogP contribution in [-0.4, -0.2) is 28.8 Å². The molecule has 0 saturated carbocycles. The number of hydrogen-bond acceptors (Lipinski definition) is 6. The van der Waals surface area contributed by atoms with Gasteiger partial charge in [-0.2, -0.15) is 10.2 Å². The first-order chi connectivity index (χ1) is 15.4. The quantitative estimate of drug-likeness (QED) is 0.550. The molecule has 2 aromatic carbocycles. The molecule has 1 spiro atoms. The van der Waals surface area contributed by atoms with Gasteiger partial charge in [-0.05, 0) is 36.5 Å². The van der Waals surface area contributed by atoms with Gasteiger partial charge in [-0.25, -0.2) is 4.98 Å². The van der Waals surface area contributed by atoms with E-state index >= 15 is 0 Å². The van der Waals surface area contributed by atoms with Crippen LogP contribution < -0.4 is 10.6 Å². The molecule has 5 rings (SSSR count). The summed E-state index contributed by atoms with van der Waals surface area (Å²) in [7, 11) is 0. The Hall–Kier alpha value is -3.14. The average Bonchev–Trinajstić information content (AvgIpc) is 3.07. The van der Waals surface area contributed by atoms with Gasteiger partial charge >= 0.3 is 0 Å². The van der Waals surface area contributed by atoms with Crippen molar-refractivity contribution < 1.29 is 0 Å². The number of nitrogens with two attached hydrogens (primary N) is 1. The lowest BCUT2D eigenvalue weighted by atomic mass is 9.74. The van der Waals surface area contributed by atoms with Crippen molar-refractivity contribution in [3.63, 3.8) is 0 Å². The van der Waals surface area contributed by atoms with Gasteiger partial charge in [-0.3, -0.25) is 0 Å². The number of fused-ring (bicyclic) bond motifs is 1. The maximum Gasteiger partial charge on any atom is 0.228 e. The zero-order valence-corrected chi connectivity index (χ0v) is 18.7. The number of anilines is 2. The maximum atomic E-state index is 9.77. The number of halogens is 2. The molecule has 1 aromatic heterocycles. The maximum absolute atomic E-state index is 9.77. The van der Waals surface area contributed by atoms with Gasteiger partial charge in [0.1, 0.15) is 11.9 Å². The van der Waals surface area contributed by atoms with Crippen LogP contribution in [0.3, 0.4) is 0 Å². The number of nitrogens with zero attached hydrogens (tertiary/aromatic N) is 4. The summed E-state index contributed by atoms with van der Waals surface area (Å²) >= 11 is 12.5. The zero-order chi connectivity index (χ0) is 22.5. The molecule has 8 heteroatoms. The molecule has 0 atom stereocenters. The lowest BCUT2D eigenvalue weighted by Crippen LogP contribution is -2.44. The molecular weight excluding hydrogens is 443 g/mol. The molecular formula is C24H20Cl2N6. The normalized spacial score (nSPS) is 16.8. The number of nitrogen functional groups attached to an aromatic ring is 1. The van der Waals surface area contributed by atoms with Gasteiger partial charge < -0.3 is 16.0 Å². The van der Waals surface area contributed by atoms with Gasteiger partial charge in [-0.1, -0.05) is 59.6 Å². The van der Waals surface area contributed by atoms with E-state index in [1.54, 1.807) is 18.2 Å². The highest BCUT2D eigenvalue weighted by Gasteiger charge is 2.44. The van der Waals surface area contributed by atoms with Crippen molar-refractivity contribution in [1.29, 1.82) is 10.7 Å². The van der Waals surface area contributed by atoms with E-state index in [2.05, 4.69) is 22.1 Å². The second-order valence-corrected chi connectivity index (χ2v) is 9.11. The van der Waals surface area contributed by atoms with Crippen molar-refractivity contribution >= 4 is 40.7 Å². The Labute approximate surface area is 196 Å². The van der Waals surface area contributed by atoms with E-state index < -0.39 is 0 Å². The highest BCUT2D eigenvalue weighted by Crippen LogP contribution is 2.45. The zero-order valence-electron chi connectivity index (χ0n) is 17.2. The lowest BCUT2D eigenvalue weighted by Gasteiger charge is -2.39. The Bertz CT molecular complexity index is 1290. The Morgan fingerprint density at radius 3 is 2.47 bits per heavy atom. The second kappa shape index (κ2) is 7.77. The number of nitriles is 1. The summed E-state index contributed by atoms with van der Waals surface area (Å²) < 4.78 is 0. The van der Waals surface area contributed by atoms with E-state index in [0.717, 1.165) is 30.5 Å². The smallest absolute Gasteiger partial charge is 0.228 e. The number of aromatic nitrogens is 2. The van der Waals surface area contributed by atoms with Crippen molar-refractivity contribution in [2.75, 3.05) is 23.7 Å². The molecule has 1 saturated heterocycles. The van der Waals surface area contributed by atoms with Gasteiger partial charge in [0.05, 0.1) is 15.6 Å². The summed E-state index contributed by atoms with van der Waals surface area (Å²) in [5.74, 6) is 0.620. The molecule has 1 aliphatic heterocycles. The van der Waals surface area contributed by atoms with Gasteiger partial charge in [0, 0.05) is 29.8 Å². The molecule has 32 heavy (non-hydrogen) atoms. The molecule has 160 valence electrons. The molecule has 0 unspecified atom stereocenters. The minimum absolute atomic E-state index is 0.141. The largest absolute Gasteiger partial charge is 0.383 e. The van der Waals surface area contributed by atoms with Crippen molar-refractivity contribution in [2.45, 2.75) is 19.3 Å². The van der Waals surface area contributed by atoms with Crippen LogP contribution >= 0.6 is 23.2 Å². The number of benzene rings is 2. The predicted octanol–water partition coefficient (Wildman–Crippen LogP) is 5.12. The van der Waals surface area contributed by atoms with Crippen LogP contribution in [0.4, 0.5) is 11.8 Å². The van der Waals surface area contributed by atoms with Gasteiger partial charge in [0.25, 0.3) is 0 Å². The van der Waals surface area contributed by atoms with E-state index in [9.17, 15) is 5.26 Å². The van der Waals surface area contributed by atoms with E-state index in [-0.39, 0.29) is 16.9 Å². The Kier molecular flexibility index (Phi) is 5.04. The van der Waals surface area contributed by atoms with E-state index in [1.807, 2.05) is 23.1 Å². The SMILES string of the molecule is N#Cc1nc(N2CCC3(CC2)Cc2ccccc2C3=N)nc(N)c1-c1cccc(Cl)c1Cl. The lowest BCUT2D eigenvalue weighted by molar-refractivity contribution is 0.327. The number of nitrogens with one attached hydrogen (secondary N) is 1. The first-order valence-electron chi connectivity index (χ1n) is 10.4. The summed E-state index contributed by atoms with van der Waals surface area (Å²) in [6, 6.07) is 15.5. The minimum Gasteiger partial charge on any atom is -0.383 e. The van der Waals surface area contributed by atoms with Crippen LogP contribution in [0.5, 0.6) is 0 Å². The average molecular weight is 463 g/mol. The fourth-order valence-corrected chi connectivity index (χ4v) is 5.26. The van der Waals surface area contributed by atoms with E-state index in [4.69, 9.17) is 34.3 Å². The molecule has 1 fully saturated rings. The minimum atomic E-state index is -0.141. The van der Waals surface area contributed by atoms with E-state index in [0.29, 0.717) is 40.2 Å². The molecule has 3 aromatic rings. The van der Waals surface area contributed by atoms with Crippen LogP contribution in [0.2, 0.25) is 10.0 Å². The first-order valence-corrected chi connectivity index (χ1v) is 11.1. The summed E-state index contributed by atoms with van der Waals surface area (Å²) in [4.78, 5) is 11.1. The number of hydrogen-bond donors (Lipinski definition) is 2. The van der Waals surface area contributed by atoms with Crippen molar-refractivity contribution in [3.8, 4) is 17.2 Å². The van der Waals surface area contributed by atoms with Crippen LogP contribution in [0, 0.1) is 22.2 Å². The molecule has 6 nitrogen and oxygen atoms in total. The third-order valence-corrected chi connectivity index (χ3v) is 7.42. The predicted molar refractivity (Wildman–Crippen MR) is 127 cm³/mol. The van der Waals surface area contributed by atoms with Crippen molar-refractivity contribution in [1.82, 2.24) is 9.97 Å². The molecule has 0 radical (unpaired) electrons. The highest BCUT2D eigenvalue weighted by atomic mass is 35.5. The molecule has 2 aliphatic rings. The fraction of sp³-hybridized carbons (Fsp3) is 0.250. The van der Waals surface area contributed by atoms with E-state index in [1.165, 1.54) is 5.56 Å². The Morgan fingerprint density at radius 1 is 1.03 bits per heavy atom. The van der Waals surface area contributed by atoms with Crippen LogP contribution in [0.25, 0.3) is 11.1 Å². The van der Waals surface area contributed by atoms with Crippen LogP contribution in [0.15, 0.2) is 42.5 Å². The summed E-state index contributed by atoms with van der Waals surface area (Å²) in [6.45, 7) is 1.38. The Morgan fingerprint density at radius 2 is 1.75 bits per heavy atom. The molecule has 1 aliphatic carbocycles. The fourth-order valence-electron chi connectivity index (χ4n) is 4.87. The monoisotopic (exact) mass is 462 g/mol. The summed E-state index contributed by atoms with van der Waals surface area (Å²) in [5, 5.41) is 19.2. The molecule has 0 bridgehead atoms. The van der Waals surface area contributed by atoms with Gasteiger partial charge in [0.15, 0.2) is 5.69 Å². The van der Waals surface area contributed by atoms with Crippen molar-refractivity contribution in [3.05, 3.63) is 69.3 Å². The summed E-state index contributed by atoms with van der Waals surface area (Å²) in [6.07, 6.45) is 2.55. The van der Waals surface area contributed by atoms with Gasteiger partial charge in [-0.15, -0.1) is 0 Å². The first kappa shape index (κ1) is 20.7. The van der Waals surface area contributed by atoms with Crippen molar-refractivity contribution in [2.24, 2.45) is 5.41 Å².